The number of ether oxygens (including phenoxy) is 2. The minimum absolute atomic E-state index is 0.0407. The highest BCUT2D eigenvalue weighted by molar-refractivity contribution is 9.10. The minimum atomic E-state index is -0.805. The van der Waals surface area contributed by atoms with Gasteiger partial charge in [-0.15, -0.1) is 22.7 Å². The maximum Gasteiger partial charge on any atom is 0.363 e. The van der Waals surface area contributed by atoms with Gasteiger partial charge in [0, 0.05) is 54.5 Å². The molecule has 0 aliphatic carbocycles. The molecular formula is C27H10BrCl2N3O8S2. The fourth-order valence-corrected chi connectivity index (χ4v) is 7.40. The van der Waals surface area contributed by atoms with Crippen LogP contribution in [0.5, 0.6) is 5.75 Å². The fraction of sp³-hybridized carbons (Fsp3) is 0. The van der Waals surface area contributed by atoms with Gasteiger partial charge in [0.2, 0.25) is 5.90 Å². The van der Waals surface area contributed by atoms with Crippen molar-refractivity contribution in [3.8, 4) is 5.75 Å². The summed E-state index contributed by atoms with van der Waals surface area (Å²) in [6.07, 6.45) is 1.37. The van der Waals surface area contributed by atoms with Crippen molar-refractivity contribution in [1.29, 1.82) is 0 Å². The van der Waals surface area contributed by atoms with Gasteiger partial charge in [-0.3, -0.25) is 20.2 Å². The molecule has 0 amide bonds. The number of nitrogens with zero attached hydrogens (tertiary/aromatic N) is 3. The zero-order chi connectivity index (χ0) is 30.6. The van der Waals surface area contributed by atoms with Gasteiger partial charge in [0.15, 0.2) is 5.70 Å². The molecule has 2 aromatic heterocycles. The fourth-order valence-electron chi connectivity index (χ4n) is 4.13. The molecule has 3 heterocycles. The first-order valence-corrected chi connectivity index (χ1v) is 15.0. The van der Waals surface area contributed by atoms with Crippen LogP contribution in [0, 0.1) is 20.2 Å². The Bertz CT molecular complexity index is 2140. The second-order valence-corrected chi connectivity index (χ2v) is 12.5. The lowest BCUT2D eigenvalue weighted by Gasteiger charge is -2.08. The topological polar surface area (TPSA) is 151 Å². The van der Waals surface area contributed by atoms with Gasteiger partial charge in [-0.1, -0.05) is 39.1 Å². The number of hydrogen-bond acceptors (Lipinski definition) is 11. The van der Waals surface area contributed by atoms with Gasteiger partial charge in [-0.2, -0.15) is 0 Å². The lowest BCUT2D eigenvalue weighted by Crippen LogP contribution is -2.08. The summed E-state index contributed by atoms with van der Waals surface area (Å²) in [4.78, 5) is 51.8. The van der Waals surface area contributed by atoms with Crippen molar-refractivity contribution in [2.75, 3.05) is 0 Å². The van der Waals surface area contributed by atoms with E-state index >= 15 is 0 Å². The Morgan fingerprint density at radius 3 is 2.21 bits per heavy atom. The average molecular weight is 719 g/mol. The number of fused-ring (bicyclic) bond motifs is 2. The van der Waals surface area contributed by atoms with Crippen LogP contribution in [0.15, 0.2) is 69.8 Å². The Balaban J connectivity index is 1.33. The molecule has 0 bridgehead atoms. The van der Waals surface area contributed by atoms with Crippen LogP contribution < -0.4 is 4.74 Å². The molecule has 0 N–H and O–H groups in total. The summed E-state index contributed by atoms with van der Waals surface area (Å²) in [5.41, 5.74) is -0.0746. The molecule has 11 nitrogen and oxygen atoms in total. The van der Waals surface area contributed by atoms with Crippen molar-refractivity contribution in [3.63, 3.8) is 0 Å². The van der Waals surface area contributed by atoms with Crippen molar-refractivity contribution >= 4 is 117 Å². The van der Waals surface area contributed by atoms with Crippen LogP contribution in [-0.2, 0) is 9.53 Å². The van der Waals surface area contributed by atoms with Gasteiger partial charge in [0.05, 0.1) is 19.9 Å². The molecule has 0 unspecified atom stereocenters. The normalized spacial score (nSPS) is 13.9. The van der Waals surface area contributed by atoms with Gasteiger partial charge < -0.3 is 9.47 Å². The number of nitro benzene ring substituents is 2. The summed E-state index contributed by atoms with van der Waals surface area (Å²) in [6, 6.07) is 13.0. The molecule has 0 atom stereocenters. The van der Waals surface area contributed by atoms with Crippen LogP contribution in [-0.4, -0.2) is 27.7 Å². The van der Waals surface area contributed by atoms with E-state index in [2.05, 4.69) is 20.9 Å². The molecule has 1 aliphatic heterocycles. The van der Waals surface area contributed by atoms with E-state index in [4.69, 9.17) is 32.7 Å². The Morgan fingerprint density at radius 1 is 0.930 bits per heavy atom. The Morgan fingerprint density at radius 2 is 1.56 bits per heavy atom. The first kappa shape index (κ1) is 28.9. The van der Waals surface area contributed by atoms with Crippen LogP contribution in [0.2, 0.25) is 10.0 Å². The van der Waals surface area contributed by atoms with E-state index in [9.17, 15) is 29.8 Å². The molecule has 0 saturated heterocycles. The van der Waals surface area contributed by atoms with Crippen molar-refractivity contribution in [3.05, 3.63) is 110 Å². The van der Waals surface area contributed by atoms with Crippen LogP contribution in [0.3, 0.4) is 0 Å². The Kier molecular flexibility index (Phi) is 7.48. The number of esters is 2. The molecular weight excluding hydrogens is 709 g/mol. The highest BCUT2D eigenvalue weighted by atomic mass is 79.9. The van der Waals surface area contributed by atoms with Crippen molar-refractivity contribution in [1.82, 2.24) is 0 Å². The second kappa shape index (κ2) is 11.1. The molecule has 1 aliphatic rings. The summed E-state index contributed by atoms with van der Waals surface area (Å²) in [6.45, 7) is 0. The Labute approximate surface area is 266 Å². The second-order valence-electron chi connectivity index (χ2n) is 8.77. The van der Waals surface area contributed by atoms with Crippen molar-refractivity contribution < 1.29 is 28.9 Å². The van der Waals surface area contributed by atoms with Gasteiger partial charge in [-0.05, 0) is 36.4 Å². The van der Waals surface area contributed by atoms with Gasteiger partial charge in [0.25, 0.3) is 11.4 Å². The summed E-state index contributed by atoms with van der Waals surface area (Å²) in [7, 11) is 0. The summed E-state index contributed by atoms with van der Waals surface area (Å²) >= 11 is 18.3. The van der Waals surface area contributed by atoms with Gasteiger partial charge in [-0.25, -0.2) is 14.6 Å². The average Bonchev–Trinajstić information content (AvgIpc) is 3.62. The molecule has 5 aromatic rings. The predicted octanol–water partition coefficient (Wildman–Crippen LogP) is 8.57. The first-order valence-electron chi connectivity index (χ1n) is 11.8. The molecule has 0 radical (unpaired) electrons. The van der Waals surface area contributed by atoms with Crippen LogP contribution >= 0.6 is 61.8 Å². The number of carbonyl (C=O) groups excluding carboxylic acids is 2. The smallest absolute Gasteiger partial charge is 0.363 e. The van der Waals surface area contributed by atoms with E-state index in [-0.39, 0.29) is 43.6 Å². The number of benzene rings is 3. The molecule has 3 aromatic carbocycles. The van der Waals surface area contributed by atoms with E-state index < -0.39 is 21.8 Å². The number of hydrogen-bond donors (Lipinski definition) is 0. The third-order valence-electron chi connectivity index (χ3n) is 6.11. The molecule has 16 heteroatoms. The SMILES string of the molecule is O=C1OC(c2sc3cc([N+](=O)[O-])ccc3c2Cl)=N/C1=C/c1cc(Br)ccc1OC(=O)c1sc2cc([N+](=O)[O-])ccc2c1Cl. The lowest BCUT2D eigenvalue weighted by molar-refractivity contribution is -0.384. The minimum Gasteiger partial charge on any atom is -0.422 e. The lowest BCUT2D eigenvalue weighted by atomic mass is 10.1. The van der Waals surface area contributed by atoms with Crippen molar-refractivity contribution in [2.45, 2.75) is 0 Å². The monoisotopic (exact) mass is 717 g/mol. The van der Waals surface area contributed by atoms with E-state index in [1.165, 1.54) is 48.5 Å². The third kappa shape index (κ3) is 5.39. The van der Waals surface area contributed by atoms with Gasteiger partial charge >= 0.3 is 11.9 Å². The molecule has 0 saturated carbocycles. The number of aliphatic imine (C=N–C) groups is 1. The number of nitro groups is 2. The number of thiophene rings is 2. The highest BCUT2D eigenvalue weighted by Gasteiger charge is 2.29. The molecule has 0 spiro atoms. The first-order chi connectivity index (χ1) is 20.5. The summed E-state index contributed by atoms with van der Waals surface area (Å²) in [5, 5.41) is 23.6. The van der Waals surface area contributed by atoms with E-state index in [0.717, 1.165) is 22.7 Å². The Hall–Kier alpha value is -4.21. The summed E-state index contributed by atoms with van der Waals surface area (Å²) in [5.74, 6) is -1.60. The predicted molar refractivity (Wildman–Crippen MR) is 167 cm³/mol. The third-order valence-corrected chi connectivity index (χ3v) is 9.89. The standard InChI is InChI=1S/C27H10BrCl2N3O8S2/c28-12-1-6-18(40-27(35)24-22(30)16-5-3-14(33(38)39)10-20(16)43-24)11(7-12)8-17-26(34)41-25(31-17)23-21(29)15-4-2-13(32(36)37)9-19(15)42-23/h1-10H/b17-8+. The molecule has 214 valence electrons. The number of halogens is 3. The number of cyclic esters (lactones) is 1. The highest BCUT2D eigenvalue weighted by Crippen LogP contribution is 2.40. The maximum absolute atomic E-state index is 13.2. The zero-order valence-corrected chi connectivity index (χ0v) is 25.6. The number of non-ortho nitro benzene ring substituents is 2. The zero-order valence-electron chi connectivity index (χ0n) is 20.8. The van der Waals surface area contributed by atoms with Gasteiger partial charge in [0.1, 0.15) is 15.5 Å². The molecule has 0 fully saturated rings. The summed E-state index contributed by atoms with van der Waals surface area (Å²) < 4.78 is 12.6. The number of rotatable bonds is 6. The molecule has 43 heavy (non-hydrogen) atoms. The van der Waals surface area contributed by atoms with E-state index in [1.54, 1.807) is 12.1 Å². The van der Waals surface area contributed by atoms with Crippen molar-refractivity contribution in [2.24, 2.45) is 4.99 Å². The van der Waals surface area contributed by atoms with E-state index in [1.807, 2.05) is 0 Å². The molecule has 6 rings (SSSR count). The maximum atomic E-state index is 13.2. The van der Waals surface area contributed by atoms with E-state index in [0.29, 0.717) is 35.1 Å². The quantitative estimate of drug-likeness (QED) is 0.0557. The number of carbonyl (C=O) groups is 2. The van der Waals surface area contributed by atoms with Crippen LogP contribution in [0.1, 0.15) is 20.1 Å². The van der Waals surface area contributed by atoms with Crippen LogP contribution in [0.25, 0.3) is 26.2 Å². The largest absolute Gasteiger partial charge is 0.422 e. The van der Waals surface area contributed by atoms with Crippen LogP contribution in [0.4, 0.5) is 11.4 Å².